The Kier molecular flexibility index (Phi) is 10.3. The molecule has 6 heteroatoms. The lowest BCUT2D eigenvalue weighted by Gasteiger charge is -2.07. The fraction of sp³-hybridized carbons (Fsp3) is 0.632. The van der Waals surface area contributed by atoms with Crippen molar-refractivity contribution in [1.29, 1.82) is 0 Å². The van der Waals surface area contributed by atoms with Gasteiger partial charge in [0.2, 0.25) is 0 Å². The lowest BCUT2D eigenvalue weighted by atomic mass is 10.1. The molecule has 1 aromatic rings. The van der Waals surface area contributed by atoms with Gasteiger partial charge in [0, 0.05) is 6.54 Å². The highest BCUT2D eigenvalue weighted by molar-refractivity contribution is 5.99. The van der Waals surface area contributed by atoms with Crippen LogP contribution in [0.1, 0.15) is 81.5 Å². The van der Waals surface area contributed by atoms with Crippen LogP contribution >= 0.6 is 0 Å². The van der Waals surface area contributed by atoms with Gasteiger partial charge < -0.3 is 10.4 Å². The predicted molar refractivity (Wildman–Crippen MR) is 98.9 cm³/mol. The molecule has 0 aliphatic rings. The summed E-state index contributed by atoms with van der Waals surface area (Å²) in [5.74, 6) is -1.00. The molecule has 1 amide bonds. The number of nitro groups is 1. The third-order valence-electron chi connectivity index (χ3n) is 4.26. The van der Waals surface area contributed by atoms with Gasteiger partial charge >= 0.3 is 5.69 Å². The maximum atomic E-state index is 12.1. The summed E-state index contributed by atoms with van der Waals surface area (Å²) in [5.41, 5.74) is -0.639. The molecule has 1 rings (SSSR count). The number of carbonyl (C=O) groups excluding carboxylic acids is 1. The number of unbranched alkanes of at least 4 members (excludes halogenated alkanes) is 9. The molecule has 2 N–H and O–H groups in total. The number of nitro benzene ring substituents is 1. The summed E-state index contributed by atoms with van der Waals surface area (Å²) in [6.07, 6.45) is 12.1. The first kappa shape index (κ1) is 20.9. The zero-order chi connectivity index (χ0) is 18.5. The van der Waals surface area contributed by atoms with Crippen molar-refractivity contribution >= 4 is 11.6 Å². The molecule has 1 aromatic carbocycles. The van der Waals surface area contributed by atoms with Crippen molar-refractivity contribution in [2.45, 2.75) is 71.1 Å². The van der Waals surface area contributed by atoms with Crippen LogP contribution in [0.3, 0.4) is 0 Å². The van der Waals surface area contributed by atoms with Crippen molar-refractivity contribution in [3.63, 3.8) is 0 Å². The average Bonchev–Trinajstić information content (AvgIpc) is 2.58. The van der Waals surface area contributed by atoms with Gasteiger partial charge in [-0.05, 0) is 18.6 Å². The molecule has 0 spiro atoms. The molecule has 6 nitrogen and oxygen atoms in total. The molecule has 0 aliphatic heterocycles. The first-order chi connectivity index (χ1) is 12.1. The van der Waals surface area contributed by atoms with Crippen molar-refractivity contribution in [2.75, 3.05) is 6.54 Å². The number of phenols is 1. The minimum absolute atomic E-state index is 0.0999. The van der Waals surface area contributed by atoms with E-state index in [2.05, 4.69) is 12.2 Å². The van der Waals surface area contributed by atoms with Crippen molar-refractivity contribution < 1.29 is 14.8 Å². The number of nitrogens with zero attached hydrogens (tertiary/aromatic N) is 1. The van der Waals surface area contributed by atoms with E-state index in [-0.39, 0.29) is 5.56 Å². The molecule has 0 atom stereocenters. The van der Waals surface area contributed by atoms with Crippen LogP contribution in [0.15, 0.2) is 18.2 Å². The molecule has 0 bridgehead atoms. The van der Waals surface area contributed by atoms with Gasteiger partial charge in [-0.1, -0.05) is 70.8 Å². The van der Waals surface area contributed by atoms with E-state index < -0.39 is 22.3 Å². The van der Waals surface area contributed by atoms with Crippen molar-refractivity contribution in [2.24, 2.45) is 0 Å². The molecule has 0 aromatic heterocycles. The van der Waals surface area contributed by atoms with Gasteiger partial charge in [-0.2, -0.15) is 0 Å². The Labute approximate surface area is 149 Å². The summed E-state index contributed by atoms with van der Waals surface area (Å²) in [7, 11) is 0. The Morgan fingerprint density at radius 2 is 1.60 bits per heavy atom. The largest absolute Gasteiger partial charge is 0.502 e. The number of phenolic OH excluding ortho intramolecular Hbond substituents is 1. The van der Waals surface area contributed by atoms with Crippen LogP contribution in [-0.4, -0.2) is 22.5 Å². The molecule has 0 aliphatic carbocycles. The SMILES string of the molecule is CCCCCCCCCCCCNC(=O)c1cccc(O)c1[N+](=O)[O-]. The molecular formula is C19H30N2O4. The number of benzene rings is 1. The summed E-state index contributed by atoms with van der Waals surface area (Å²) in [6, 6.07) is 3.99. The molecule has 0 fully saturated rings. The fourth-order valence-electron chi connectivity index (χ4n) is 2.82. The predicted octanol–water partition coefficient (Wildman–Crippen LogP) is 4.95. The van der Waals surface area contributed by atoms with Crippen LogP contribution in [0.25, 0.3) is 0 Å². The molecule has 140 valence electrons. The smallest absolute Gasteiger partial charge is 0.323 e. The third kappa shape index (κ3) is 8.01. The van der Waals surface area contributed by atoms with E-state index in [9.17, 15) is 20.0 Å². The second-order valence-corrected chi connectivity index (χ2v) is 6.37. The Bertz CT molecular complexity index is 546. The Balaban J connectivity index is 2.18. The monoisotopic (exact) mass is 350 g/mol. The number of carbonyl (C=O) groups is 1. The molecule has 25 heavy (non-hydrogen) atoms. The number of hydrogen-bond donors (Lipinski definition) is 2. The first-order valence-corrected chi connectivity index (χ1v) is 9.32. The molecule has 0 unspecified atom stereocenters. The summed E-state index contributed by atoms with van der Waals surface area (Å²) >= 11 is 0. The number of para-hydroxylation sites is 1. The van der Waals surface area contributed by atoms with E-state index in [1.165, 1.54) is 63.1 Å². The van der Waals surface area contributed by atoms with Gasteiger partial charge in [-0.25, -0.2) is 0 Å². The molecule has 0 radical (unpaired) electrons. The van der Waals surface area contributed by atoms with Gasteiger partial charge in [0.15, 0.2) is 5.75 Å². The lowest BCUT2D eigenvalue weighted by Crippen LogP contribution is -2.25. The maximum Gasteiger partial charge on any atom is 0.323 e. The van der Waals surface area contributed by atoms with Crippen LogP contribution in [0.2, 0.25) is 0 Å². The normalized spacial score (nSPS) is 10.6. The highest BCUT2D eigenvalue weighted by atomic mass is 16.6. The zero-order valence-electron chi connectivity index (χ0n) is 15.1. The van der Waals surface area contributed by atoms with E-state index in [1.807, 2.05) is 0 Å². The van der Waals surface area contributed by atoms with Crippen LogP contribution in [0.4, 0.5) is 5.69 Å². The van der Waals surface area contributed by atoms with Crippen molar-refractivity contribution in [3.05, 3.63) is 33.9 Å². The molecule has 0 saturated carbocycles. The Hall–Kier alpha value is -2.11. The first-order valence-electron chi connectivity index (χ1n) is 9.32. The van der Waals surface area contributed by atoms with Crippen LogP contribution in [-0.2, 0) is 0 Å². The van der Waals surface area contributed by atoms with Gasteiger partial charge in [-0.15, -0.1) is 0 Å². The Morgan fingerprint density at radius 1 is 1.04 bits per heavy atom. The third-order valence-corrected chi connectivity index (χ3v) is 4.26. The average molecular weight is 350 g/mol. The van der Waals surface area contributed by atoms with Crippen LogP contribution in [0.5, 0.6) is 5.75 Å². The minimum atomic E-state index is -0.731. The van der Waals surface area contributed by atoms with Gasteiger partial charge in [-0.3, -0.25) is 14.9 Å². The summed E-state index contributed by atoms with van der Waals surface area (Å²) in [5, 5.41) is 23.2. The molecular weight excluding hydrogens is 320 g/mol. The quantitative estimate of drug-likeness (QED) is 0.299. The zero-order valence-corrected chi connectivity index (χ0v) is 15.1. The number of amides is 1. The number of aromatic hydroxyl groups is 1. The summed E-state index contributed by atoms with van der Waals surface area (Å²) in [4.78, 5) is 22.3. The van der Waals surface area contributed by atoms with E-state index in [0.29, 0.717) is 6.54 Å². The minimum Gasteiger partial charge on any atom is -0.502 e. The topological polar surface area (TPSA) is 92.5 Å². The molecule has 0 heterocycles. The van der Waals surface area contributed by atoms with Crippen LogP contribution < -0.4 is 5.32 Å². The van der Waals surface area contributed by atoms with Gasteiger partial charge in [0.05, 0.1) is 4.92 Å². The summed E-state index contributed by atoms with van der Waals surface area (Å²) in [6.45, 7) is 2.71. The van der Waals surface area contributed by atoms with E-state index in [4.69, 9.17) is 0 Å². The summed E-state index contributed by atoms with van der Waals surface area (Å²) < 4.78 is 0. The van der Waals surface area contributed by atoms with Crippen molar-refractivity contribution in [3.8, 4) is 5.75 Å². The fourth-order valence-corrected chi connectivity index (χ4v) is 2.82. The second kappa shape index (κ2) is 12.3. The number of hydrogen-bond acceptors (Lipinski definition) is 4. The standard InChI is InChI=1S/C19H30N2O4/c1-2-3-4-5-6-7-8-9-10-11-15-20-19(23)16-13-12-14-17(22)18(16)21(24)25/h12-14,22H,2-11,15H2,1H3,(H,20,23). The van der Waals surface area contributed by atoms with Crippen LogP contribution in [0, 0.1) is 10.1 Å². The van der Waals surface area contributed by atoms with E-state index in [1.54, 1.807) is 0 Å². The highest BCUT2D eigenvalue weighted by Gasteiger charge is 2.23. The number of nitrogens with one attached hydrogen (secondary N) is 1. The highest BCUT2D eigenvalue weighted by Crippen LogP contribution is 2.29. The Morgan fingerprint density at radius 3 is 2.16 bits per heavy atom. The molecule has 0 saturated heterocycles. The van der Waals surface area contributed by atoms with E-state index in [0.717, 1.165) is 19.3 Å². The van der Waals surface area contributed by atoms with Crippen molar-refractivity contribution in [1.82, 2.24) is 5.32 Å². The lowest BCUT2D eigenvalue weighted by molar-refractivity contribution is -0.386. The maximum absolute atomic E-state index is 12.1. The second-order valence-electron chi connectivity index (χ2n) is 6.37. The van der Waals surface area contributed by atoms with E-state index >= 15 is 0 Å². The van der Waals surface area contributed by atoms with Gasteiger partial charge in [0.1, 0.15) is 5.56 Å². The van der Waals surface area contributed by atoms with Gasteiger partial charge in [0.25, 0.3) is 5.91 Å². The number of rotatable bonds is 13.